The molecule has 0 amide bonds. The lowest BCUT2D eigenvalue weighted by atomic mass is 10.0. The summed E-state index contributed by atoms with van der Waals surface area (Å²) < 4.78 is 24.8. The van der Waals surface area contributed by atoms with Crippen molar-refractivity contribution < 1.29 is 13.9 Å². The lowest BCUT2D eigenvalue weighted by Crippen LogP contribution is -2.48. The van der Waals surface area contributed by atoms with Crippen molar-refractivity contribution in [2.24, 2.45) is 4.99 Å². The predicted octanol–water partition coefficient (Wildman–Crippen LogP) is 4.07. The van der Waals surface area contributed by atoms with Gasteiger partial charge in [0.1, 0.15) is 11.6 Å². The number of halogens is 2. The first-order valence-corrected chi connectivity index (χ1v) is 11.5. The van der Waals surface area contributed by atoms with Crippen molar-refractivity contribution in [3.63, 3.8) is 0 Å². The molecule has 33 heavy (non-hydrogen) atoms. The number of rotatable bonds is 7. The highest BCUT2D eigenvalue weighted by Gasteiger charge is 2.20. The smallest absolute Gasteiger partial charge is 0.191 e. The van der Waals surface area contributed by atoms with Crippen LogP contribution in [0, 0.1) is 5.82 Å². The third-order valence-electron chi connectivity index (χ3n) is 5.92. The molecule has 1 saturated heterocycles. The van der Waals surface area contributed by atoms with Crippen LogP contribution >= 0.6 is 24.0 Å². The van der Waals surface area contributed by atoms with Gasteiger partial charge in [-0.1, -0.05) is 30.3 Å². The first-order valence-electron chi connectivity index (χ1n) is 11.5. The van der Waals surface area contributed by atoms with Crippen LogP contribution in [0.15, 0.2) is 47.5 Å². The molecule has 2 aliphatic heterocycles. The van der Waals surface area contributed by atoms with Gasteiger partial charge in [-0.2, -0.15) is 0 Å². The van der Waals surface area contributed by atoms with Crippen LogP contribution in [0.25, 0.3) is 0 Å². The molecule has 0 bridgehead atoms. The maximum atomic E-state index is 14.0. The van der Waals surface area contributed by atoms with E-state index in [0.717, 1.165) is 61.9 Å². The summed E-state index contributed by atoms with van der Waals surface area (Å²) in [6.45, 7) is 7.17. The third kappa shape index (κ3) is 7.55. The van der Waals surface area contributed by atoms with Gasteiger partial charge < -0.3 is 20.1 Å². The summed E-state index contributed by atoms with van der Waals surface area (Å²) >= 11 is 0. The third-order valence-corrected chi connectivity index (χ3v) is 5.92. The largest absolute Gasteiger partial charge is 0.467 e. The van der Waals surface area contributed by atoms with E-state index in [2.05, 4.69) is 52.8 Å². The molecule has 0 aromatic heterocycles. The molecule has 0 atom stereocenters. The fourth-order valence-corrected chi connectivity index (χ4v) is 4.32. The van der Waals surface area contributed by atoms with E-state index < -0.39 is 0 Å². The number of aliphatic imine (C=N–C) groups is 1. The number of benzene rings is 2. The summed E-state index contributed by atoms with van der Waals surface area (Å²) in [6.07, 6.45) is 2.79. The van der Waals surface area contributed by atoms with Gasteiger partial charge in [0.05, 0.1) is 6.61 Å². The molecule has 2 aliphatic rings. The second kappa shape index (κ2) is 13.1. The number of hydrogen-bond donors (Lipinski definition) is 2. The second-order valence-corrected chi connectivity index (χ2v) is 8.35. The SMILES string of the molecule is CCNC(=NCCc1cc(F)cc2c1OCOC2)NC1CCN(Cc2ccccc2)CC1.I. The average molecular weight is 568 g/mol. The zero-order valence-corrected chi connectivity index (χ0v) is 21.5. The fraction of sp³-hybridized carbons (Fsp3) is 0.480. The Morgan fingerprint density at radius 1 is 1.18 bits per heavy atom. The Morgan fingerprint density at radius 2 is 1.97 bits per heavy atom. The molecule has 0 saturated carbocycles. The highest BCUT2D eigenvalue weighted by molar-refractivity contribution is 14.0. The Balaban J connectivity index is 0.00000306. The quantitative estimate of drug-likeness (QED) is 0.300. The van der Waals surface area contributed by atoms with Crippen LogP contribution in [0.5, 0.6) is 5.75 Å². The van der Waals surface area contributed by atoms with Crippen LogP contribution < -0.4 is 15.4 Å². The topological polar surface area (TPSA) is 58.1 Å². The standard InChI is InChI=1S/C25H33FN4O2.HI/c1-2-27-25(28-11-8-20-14-22(26)15-21-17-31-18-32-24(20)21)29-23-9-12-30(13-10-23)16-19-6-4-3-5-7-19;/h3-7,14-15,23H,2,8-13,16-18H2,1H3,(H2,27,28,29);1H. The van der Waals surface area contributed by atoms with Crippen molar-refractivity contribution in [3.8, 4) is 5.75 Å². The van der Waals surface area contributed by atoms with E-state index in [1.54, 1.807) is 6.07 Å². The lowest BCUT2D eigenvalue weighted by Gasteiger charge is -2.33. The van der Waals surface area contributed by atoms with Crippen molar-refractivity contribution in [3.05, 3.63) is 65.0 Å². The summed E-state index contributed by atoms with van der Waals surface area (Å²) in [6, 6.07) is 14.1. The molecule has 2 aromatic carbocycles. The van der Waals surface area contributed by atoms with Gasteiger partial charge in [0, 0.05) is 44.3 Å². The Labute approximate surface area is 213 Å². The Bertz CT molecular complexity index is 905. The summed E-state index contributed by atoms with van der Waals surface area (Å²) in [5.74, 6) is 1.31. The first-order chi connectivity index (χ1) is 15.7. The van der Waals surface area contributed by atoms with Crippen molar-refractivity contribution in [2.45, 2.75) is 45.4 Å². The number of nitrogens with one attached hydrogen (secondary N) is 2. The molecule has 0 unspecified atom stereocenters. The zero-order valence-electron chi connectivity index (χ0n) is 19.2. The first kappa shape index (κ1) is 25.7. The second-order valence-electron chi connectivity index (χ2n) is 8.35. The number of piperidine rings is 1. The molecule has 2 N–H and O–H groups in total. The molecular weight excluding hydrogens is 534 g/mol. The molecule has 0 aliphatic carbocycles. The summed E-state index contributed by atoms with van der Waals surface area (Å²) in [5.41, 5.74) is 2.98. The van der Waals surface area contributed by atoms with E-state index in [-0.39, 0.29) is 36.6 Å². The van der Waals surface area contributed by atoms with Gasteiger partial charge in [-0.3, -0.25) is 9.89 Å². The molecule has 0 spiro atoms. The van der Waals surface area contributed by atoms with Crippen molar-refractivity contribution in [2.75, 3.05) is 33.0 Å². The van der Waals surface area contributed by atoms with E-state index in [4.69, 9.17) is 14.5 Å². The van der Waals surface area contributed by atoms with Crippen molar-refractivity contribution in [1.29, 1.82) is 0 Å². The number of hydrogen-bond acceptors (Lipinski definition) is 4. The van der Waals surface area contributed by atoms with Gasteiger partial charge >= 0.3 is 0 Å². The average Bonchev–Trinajstić information content (AvgIpc) is 2.81. The highest BCUT2D eigenvalue weighted by atomic mass is 127. The van der Waals surface area contributed by atoms with Crippen LogP contribution in [0.3, 0.4) is 0 Å². The molecule has 2 heterocycles. The lowest BCUT2D eigenvalue weighted by molar-refractivity contribution is -0.0172. The number of guanidine groups is 1. The molecule has 180 valence electrons. The molecule has 6 nitrogen and oxygen atoms in total. The van der Waals surface area contributed by atoms with E-state index in [9.17, 15) is 4.39 Å². The molecule has 2 aromatic rings. The number of fused-ring (bicyclic) bond motifs is 1. The minimum Gasteiger partial charge on any atom is -0.467 e. The van der Waals surface area contributed by atoms with Gasteiger partial charge in [-0.25, -0.2) is 4.39 Å². The monoisotopic (exact) mass is 568 g/mol. The summed E-state index contributed by atoms with van der Waals surface area (Å²) in [7, 11) is 0. The van der Waals surface area contributed by atoms with Crippen LogP contribution in [0.4, 0.5) is 4.39 Å². The number of ether oxygens (including phenoxy) is 2. The Hall–Kier alpha value is -1.91. The normalized spacial score (nSPS) is 17.0. The van der Waals surface area contributed by atoms with Gasteiger partial charge in [0.25, 0.3) is 0 Å². The van der Waals surface area contributed by atoms with E-state index in [0.29, 0.717) is 25.6 Å². The maximum absolute atomic E-state index is 14.0. The minimum absolute atomic E-state index is 0. The summed E-state index contributed by atoms with van der Waals surface area (Å²) in [4.78, 5) is 7.25. The van der Waals surface area contributed by atoms with Crippen LogP contribution in [-0.2, 0) is 24.3 Å². The molecule has 8 heteroatoms. The number of nitrogens with zero attached hydrogens (tertiary/aromatic N) is 2. The zero-order chi connectivity index (χ0) is 22.2. The van der Waals surface area contributed by atoms with E-state index in [1.807, 2.05) is 0 Å². The maximum Gasteiger partial charge on any atom is 0.191 e. The predicted molar refractivity (Wildman–Crippen MR) is 140 cm³/mol. The van der Waals surface area contributed by atoms with E-state index >= 15 is 0 Å². The van der Waals surface area contributed by atoms with Gasteiger partial charge in [-0.15, -0.1) is 24.0 Å². The van der Waals surface area contributed by atoms with Crippen molar-refractivity contribution >= 4 is 29.9 Å². The molecule has 1 fully saturated rings. The highest BCUT2D eigenvalue weighted by Crippen LogP contribution is 2.29. The van der Waals surface area contributed by atoms with Gasteiger partial charge in [0.2, 0.25) is 0 Å². The Kier molecular flexibility index (Phi) is 10.2. The number of likely N-dealkylation sites (tertiary alicyclic amines) is 1. The molecule has 4 rings (SSSR count). The van der Waals surface area contributed by atoms with Crippen molar-refractivity contribution in [1.82, 2.24) is 15.5 Å². The van der Waals surface area contributed by atoms with Gasteiger partial charge in [0.15, 0.2) is 12.8 Å². The van der Waals surface area contributed by atoms with Crippen LogP contribution in [0.2, 0.25) is 0 Å². The summed E-state index contributed by atoms with van der Waals surface area (Å²) in [5, 5.41) is 6.93. The van der Waals surface area contributed by atoms with Crippen LogP contribution in [0.1, 0.15) is 36.5 Å². The van der Waals surface area contributed by atoms with E-state index in [1.165, 1.54) is 11.6 Å². The van der Waals surface area contributed by atoms with Gasteiger partial charge in [-0.05, 0) is 49.4 Å². The molecule has 0 radical (unpaired) electrons. The Morgan fingerprint density at radius 3 is 2.73 bits per heavy atom. The minimum atomic E-state index is -0.260. The fourth-order valence-electron chi connectivity index (χ4n) is 4.32. The van der Waals surface area contributed by atoms with Crippen LogP contribution in [-0.4, -0.2) is 49.9 Å². The molecular formula is C25H34FIN4O2.